The first-order valence-electron chi connectivity index (χ1n) is 24.3. The SMILES string of the molecule is CC/C=C\C/C=C\C/C=C\C/C=C\C/C=C\CCCCCCCCCC(=O)OC(COCCCCCCCC/C=C\CCCCC)COP(=O)(O)OC1C(O)C(O)C(O)C(O)C1O. The minimum absolute atomic E-state index is 0.0890. The van der Waals surface area contributed by atoms with Crippen molar-refractivity contribution in [2.75, 3.05) is 19.8 Å². The maximum Gasteiger partial charge on any atom is 0.472 e. The van der Waals surface area contributed by atoms with Gasteiger partial charge in [0.2, 0.25) is 0 Å². The monoisotopic (exact) mass is 911 g/mol. The lowest BCUT2D eigenvalue weighted by Crippen LogP contribution is -2.64. The normalized spacial score (nSPS) is 22.5. The number of carbonyl (C=O) groups is 1. The van der Waals surface area contributed by atoms with Gasteiger partial charge in [0.25, 0.3) is 0 Å². The van der Waals surface area contributed by atoms with Crippen molar-refractivity contribution >= 4 is 13.8 Å². The van der Waals surface area contributed by atoms with Crippen LogP contribution >= 0.6 is 7.82 Å². The molecule has 13 heteroatoms. The van der Waals surface area contributed by atoms with Crippen molar-refractivity contribution in [3.63, 3.8) is 0 Å². The van der Waals surface area contributed by atoms with E-state index in [9.17, 15) is 39.8 Å². The molecular weight excluding hydrogens is 824 g/mol. The lowest BCUT2D eigenvalue weighted by atomic mass is 9.85. The van der Waals surface area contributed by atoms with Crippen molar-refractivity contribution in [3.8, 4) is 0 Å². The van der Waals surface area contributed by atoms with Gasteiger partial charge in [-0.25, -0.2) is 4.57 Å². The molecule has 0 aromatic heterocycles. The van der Waals surface area contributed by atoms with E-state index in [0.717, 1.165) is 116 Å². The number of hydrogen-bond donors (Lipinski definition) is 6. The summed E-state index contributed by atoms with van der Waals surface area (Å²) >= 11 is 0. The highest BCUT2D eigenvalue weighted by Gasteiger charge is 2.51. The molecule has 1 aliphatic rings. The van der Waals surface area contributed by atoms with Crippen molar-refractivity contribution in [2.24, 2.45) is 0 Å². The van der Waals surface area contributed by atoms with E-state index in [-0.39, 0.29) is 13.0 Å². The Labute approximate surface area is 380 Å². The van der Waals surface area contributed by atoms with E-state index < -0.39 is 63.1 Å². The number of hydrogen-bond acceptors (Lipinski definition) is 11. The minimum Gasteiger partial charge on any atom is -0.457 e. The molecule has 0 amide bonds. The summed E-state index contributed by atoms with van der Waals surface area (Å²) in [6, 6.07) is 0. The van der Waals surface area contributed by atoms with Gasteiger partial charge < -0.3 is 39.9 Å². The van der Waals surface area contributed by atoms with Gasteiger partial charge in [0.1, 0.15) is 42.7 Å². The number of esters is 1. The third-order valence-corrected chi connectivity index (χ3v) is 11.8. The third-order valence-electron chi connectivity index (χ3n) is 10.8. The second-order valence-electron chi connectivity index (χ2n) is 16.6. The second-order valence-corrected chi connectivity index (χ2v) is 18.0. The molecule has 1 aliphatic carbocycles. The Hall–Kier alpha value is -2.22. The fourth-order valence-corrected chi connectivity index (χ4v) is 7.94. The van der Waals surface area contributed by atoms with Gasteiger partial charge in [-0.15, -0.1) is 0 Å². The van der Waals surface area contributed by atoms with Crippen molar-refractivity contribution < 1.29 is 58.3 Å². The number of unbranched alkanes of at least 4 members (excludes halogenated alkanes) is 16. The fraction of sp³-hybridized carbons (Fsp3) is 0.740. The first kappa shape index (κ1) is 58.8. The van der Waals surface area contributed by atoms with Crippen LogP contribution < -0.4 is 0 Å². The van der Waals surface area contributed by atoms with Crippen LogP contribution in [0.4, 0.5) is 0 Å². The number of allylic oxidation sites excluding steroid dienone is 12. The van der Waals surface area contributed by atoms with Gasteiger partial charge in [-0.1, -0.05) is 157 Å². The second kappa shape index (κ2) is 40.1. The molecule has 6 atom stereocenters. The van der Waals surface area contributed by atoms with Crippen molar-refractivity contribution in [1.82, 2.24) is 0 Å². The number of aliphatic hydroxyl groups excluding tert-OH is 5. The number of phosphoric acid groups is 1. The van der Waals surface area contributed by atoms with Crippen LogP contribution in [0.2, 0.25) is 0 Å². The smallest absolute Gasteiger partial charge is 0.457 e. The molecule has 0 aromatic carbocycles. The molecule has 0 bridgehead atoms. The van der Waals surface area contributed by atoms with Crippen LogP contribution in [0, 0.1) is 0 Å². The van der Waals surface area contributed by atoms with E-state index in [0.29, 0.717) is 13.0 Å². The van der Waals surface area contributed by atoms with E-state index in [4.69, 9.17) is 18.5 Å². The zero-order chi connectivity index (χ0) is 46.2. The highest BCUT2D eigenvalue weighted by Crippen LogP contribution is 2.47. The Bertz CT molecular complexity index is 1310. The molecule has 6 N–H and O–H groups in total. The number of carbonyl (C=O) groups excluding carboxylic acids is 1. The molecule has 0 radical (unpaired) electrons. The zero-order valence-electron chi connectivity index (χ0n) is 38.8. The lowest BCUT2D eigenvalue weighted by molar-refractivity contribution is -0.220. The Morgan fingerprint density at radius 2 is 0.937 bits per heavy atom. The summed E-state index contributed by atoms with van der Waals surface area (Å²) in [7, 11) is -5.03. The van der Waals surface area contributed by atoms with Gasteiger partial charge in [0, 0.05) is 13.0 Å². The molecule has 1 rings (SSSR count). The average Bonchev–Trinajstić information content (AvgIpc) is 3.27. The van der Waals surface area contributed by atoms with Crippen molar-refractivity contribution in [1.29, 1.82) is 0 Å². The van der Waals surface area contributed by atoms with Gasteiger partial charge in [-0.2, -0.15) is 0 Å². The topological polar surface area (TPSA) is 192 Å². The molecule has 0 aliphatic heterocycles. The first-order chi connectivity index (χ1) is 30.5. The molecule has 12 nitrogen and oxygen atoms in total. The van der Waals surface area contributed by atoms with Gasteiger partial charge in [0.05, 0.1) is 13.2 Å². The number of ether oxygens (including phenoxy) is 2. The maximum absolute atomic E-state index is 12.8. The minimum atomic E-state index is -5.03. The predicted octanol–water partition coefficient (Wildman–Crippen LogP) is 10.4. The molecule has 0 aromatic rings. The van der Waals surface area contributed by atoms with Crippen LogP contribution in [-0.4, -0.2) is 98.9 Å². The molecular formula is C50H87O12P. The third kappa shape index (κ3) is 32.2. The summed E-state index contributed by atoms with van der Waals surface area (Å²) in [5.41, 5.74) is 0. The Morgan fingerprint density at radius 3 is 1.44 bits per heavy atom. The number of phosphoric ester groups is 1. The maximum atomic E-state index is 12.8. The summed E-state index contributed by atoms with van der Waals surface area (Å²) in [5, 5.41) is 50.2. The highest BCUT2D eigenvalue weighted by atomic mass is 31.2. The Kier molecular flexibility index (Phi) is 37.4. The van der Waals surface area contributed by atoms with Crippen LogP contribution in [0.1, 0.15) is 174 Å². The Morgan fingerprint density at radius 1 is 0.524 bits per heavy atom. The summed E-state index contributed by atoms with van der Waals surface area (Å²) in [6.45, 7) is 4.09. The first-order valence-corrected chi connectivity index (χ1v) is 25.8. The molecule has 364 valence electrons. The van der Waals surface area contributed by atoms with Gasteiger partial charge >= 0.3 is 13.8 Å². The standard InChI is InChI=1S/C50H87O12P/c1-3-5-7-9-11-13-15-17-18-19-20-21-22-23-24-25-26-27-29-31-33-35-37-39-44(51)61-43(41-59-40-38-36-34-32-30-28-16-14-12-10-8-6-4-2)42-60-63(57,58)62-50-48(55)46(53)45(52)47(54)49(50)56/h5,7,11-14,17-18,20-21,23-24,43,45-50,52-56H,3-4,6,8-10,15-16,19,22,25-42H2,1-2H3,(H,57,58)/b7-5-,13-11-,14-12-,18-17-,21-20-,24-23-. The van der Waals surface area contributed by atoms with E-state index in [2.05, 4.69) is 86.8 Å². The van der Waals surface area contributed by atoms with Crippen LogP contribution in [-0.2, 0) is 27.9 Å². The summed E-state index contributed by atoms with van der Waals surface area (Å²) in [6.07, 6.45) is 39.6. The summed E-state index contributed by atoms with van der Waals surface area (Å²) < 4.78 is 34.2. The van der Waals surface area contributed by atoms with E-state index in [1.54, 1.807) is 0 Å². The fourth-order valence-electron chi connectivity index (χ4n) is 6.96. The summed E-state index contributed by atoms with van der Waals surface area (Å²) in [4.78, 5) is 23.2. The molecule has 1 fully saturated rings. The largest absolute Gasteiger partial charge is 0.472 e. The molecule has 63 heavy (non-hydrogen) atoms. The van der Waals surface area contributed by atoms with Crippen LogP contribution in [0.3, 0.4) is 0 Å². The highest BCUT2D eigenvalue weighted by molar-refractivity contribution is 7.47. The van der Waals surface area contributed by atoms with E-state index in [1.165, 1.54) is 32.1 Å². The predicted molar refractivity (Wildman–Crippen MR) is 253 cm³/mol. The van der Waals surface area contributed by atoms with Crippen LogP contribution in [0.5, 0.6) is 0 Å². The van der Waals surface area contributed by atoms with Gasteiger partial charge in [0.15, 0.2) is 0 Å². The molecule has 0 saturated heterocycles. The molecule has 1 saturated carbocycles. The summed E-state index contributed by atoms with van der Waals surface area (Å²) in [5.74, 6) is -0.493. The van der Waals surface area contributed by atoms with E-state index in [1.807, 2.05) is 0 Å². The van der Waals surface area contributed by atoms with Crippen molar-refractivity contribution in [2.45, 2.75) is 217 Å². The Balaban J connectivity index is 2.36. The van der Waals surface area contributed by atoms with Crippen LogP contribution in [0.25, 0.3) is 0 Å². The van der Waals surface area contributed by atoms with Gasteiger partial charge in [-0.3, -0.25) is 13.8 Å². The zero-order valence-corrected chi connectivity index (χ0v) is 39.7. The van der Waals surface area contributed by atoms with Crippen molar-refractivity contribution in [3.05, 3.63) is 72.9 Å². The van der Waals surface area contributed by atoms with Gasteiger partial charge in [-0.05, 0) is 83.5 Å². The molecule has 6 unspecified atom stereocenters. The van der Waals surface area contributed by atoms with E-state index >= 15 is 0 Å². The lowest BCUT2D eigenvalue weighted by Gasteiger charge is -2.41. The van der Waals surface area contributed by atoms with Crippen LogP contribution in [0.15, 0.2) is 72.9 Å². The quantitative estimate of drug-likeness (QED) is 0.0148. The molecule has 0 heterocycles. The average molecular weight is 911 g/mol. The molecule has 0 spiro atoms. The number of rotatable bonds is 40. The number of aliphatic hydroxyl groups is 5.